The molecule has 0 aromatic heterocycles. The van der Waals surface area contributed by atoms with Crippen molar-refractivity contribution in [3.05, 3.63) is 0 Å². The van der Waals surface area contributed by atoms with E-state index in [-0.39, 0.29) is 25.2 Å². The third kappa shape index (κ3) is 7.88. The first-order valence-corrected chi connectivity index (χ1v) is 6.05. The molecule has 0 aromatic carbocycles. The van der Waals surface area contributed by atoms with Crippen LogP contribution >= 0.6 is 11.6 Å². The van der Waals surface area contributed by atoms with E-state index in [0.717, 1.165) is 12.8 Å². The zero-order valence-corrected chi connectivity index (χ0v) is 10.7. The molecule has 0 aliphatic carbocycles. The van der Waals surface area contributed by atoms with Crippen LogP contribution in [0.2, 0.25) is 0 Å². The molecule has 0 rings (SSSR count). The molecule has 0 fully saturated rings. The molecule has 1 atom stereocenters. The van der Waals surface area contributed by atoms with Crippen LogP contribution in [0.1, 0.15) is 39.0 Å². The standard InChI is InChI=1S/C11H18ClNO4/c1-2-3-4-9(12)11(16)17-10(15)6-5-8(14)7-13/h9H,2-7,13H2,1H3. The molecular weight excluding hydrogens is 246 g/mol. The second-order valence-electron chi connectivity index (χ2n) is 3.65. The molecule has 6 heteroatoms. The van der Waals surface area contributed by atoms with Crippen molar-refractivity contribution in [1.29, 1.82) is 0 Å². The van der Waals surface area contributed by atoms with Crippen LogP contribution in [0.15, 0.2) is 0 Å². The number of nitrogens with two attached hydrogens (primary N) is 1. The Bertz CT molecular complexity index is 281. The molecule has 0 aromatic rings. The molecular formula is C11H18ClNO4. The number of Topliss-reactive ketones (excluding diaryl/α,β-unsaturated/α-hetero) is 1. The van der Waals surface area contributed by atoms with Gasteiger partial charge in [0.15, 0.2) is 0 Å². The topological polar surface area (TPSA) is 86.5 Å². The smallest absolute Gasteiger partial charge is 0.331 e. The molecule has 5 nitrogen and oxygen atoms in total. The van der Waals surface area contributed by atoms with Crippen LogP contribution in [0.4, 0.5) is 0 Å². The van der Waals surface area contributed by atoms with Gasteiger partial charge in [0.05, 0.1) is 13.0 Å². The van der Waals surface area contributed by atoms with Crippen molar-refractivity contribution in [2.75, 3.05) is 6.54 Å². The Morgan fingerprint density at radius 2 is 1.94 bits per heavy atom. The average molecular weight is 264 g/mol. The van der Waals surface area contributed by atoms with Crippen LogP contribution in [0, 0.1) is 0 Å². The van der Waals surface area contributed by atoms with Crippen LogP contribution < -0.4 is 5.73 Å². The summed E-state index contributed by atoms with van der Waals surface area (Å²) in [5.74, 6) is -1.73. The number of ether oxygens (including phenoxy) is 1. The summed E-state index contributed by atoms with van der Waals surface area (Å²) >= 11 is 5.73. The molecule has 0 aliphatic heterocycles. The number of alkyl halides is 1. The lowest BCUT2D eigenvalue weighted by atomic mass is 10.2. The number of rotatable bonds is 8. The number of hydrogen-bond acceptors (Lipinski definition) is 5. The molecule has 98 valence electrons. The number of esters is 2. The van der Waals surface area contributed by atoms with Crippen LogP contribution in [0.3, 0.4) is 0 Å². The van der Waals surface area contributed by atoms with Crippen LogP contribution in [-0.4, -0.2) is 29.6 Å². The van der Waals surface area contributed by atoms with Crippen molar-refractivity contribution in [1.82, 2.24) is 0 Å². The summed E-state index contributed by atoms with van der Waals surface area (Å²) in [4.78, 5) is 33.3. The number of carbonyl (C=O) groups excluding carboxylic acids is 3. The fraction of sp³-hybridized carbons (Fsp3) is 0.727. The Labute approximate surface area is 106 Å². The first kappa shape index (κ1) is 16.1. The van der Waals surface area contributed by atoms with Crippen molar-refractivity contribution in [3.8, 4) is 0 Å². The van der Waals surface area contributed by atoms with E-state index >= 15 is 0 Å². The Hall–Kier alpha value is -0.940. The molecule has 0 bridgehead atoms. The summed E-state index contributed by atoms with van der Waals surface area (Å²) in [6.07, 6.45) is 2.04. The molecule has 0 radical (unpaired) electrons. The van der Waals surface area contributed by atoms with Gasteiger partial charge in [-0.25, -0.2) is 4.79 Å². The van der Waals surface area contributed by atoms with Crippen LogP contribution in [0.5, 0.6) is 0 Å². The van der Waals surface area contributed by atoms with Crippen molar-refractivity contribution in [3.63, 3.8) is 0 Å². The van der Waals surface area contributed by atoms with E-state index in [1.165, 1.54) is 0 Å². The molecule has 0 aliphatic rings. The normalized spacial score (nSPS) is 11.9. The number of carbonyl (C=O) groups is 3. The van der Waals surface area contributed by atoms with E-state index in [1.807, 2.05) is 6.92 Å². The van der Waals surface area contributed by atoms with Crippen molar-refractivity contribution in [2.45, 2.75) is 44.4 Å². The van der Waals surface area contributed by atoms with Gasteiger partial charge in [-0.2, -0.15) is 0 Å². The van der Waals surface area contributed by atoms with Gasteiger partial charge in [-0.05, 0) is 6.42 Å². The van der Waals surface area contributed by atoms with Crippen molar-refractivity contribution >= 4 is 29.3 Å². The molecule has 0 saturated carbocycles. The van der Waals surface area contributed by atoms with Gasteiger partial charge in [0.25, 0.3) is 0 Å². The minimum absolute atomic E-state index is 0.00940. The third-order valence-electron chi connectivity index (χ3n) is 2.12. The van der Waals surface area contributed by atoms with E-state index in [9.17, 15) is 14.4 Å². The summed E-state index contributed by atoms with van der Waals surface area (Å²) in [6.45, 7) is 1.86. The Morgan fingerprint density at radius 3 is 2.47 bits per heavy atom. The molecule has 2 N–H and O–H groups in total. The maximum atomic E-state index is 11.3. The maximum absolute atomic E-state index is 11.3. The predicted molar refractivity (Wildman–Crippen MR) is 63.6 cm³/mol. The second-order valence-corrected chi connectivity index (χ2v) is 4.17. The second kappa shape index (κ2) is 9.13. The van der Waals surface area contributed by atoms with Crippen molar-refractivity contribution < 1.29 is 19.1 Å². The maximum Gasteiger partial charge on any atom is 0.331 e. The van der Waals surface area contributed by atoms with Crippen LogP contribution in [0.25, 0.3) is 0 Å². The van der Waals surface area contributed by atoms with Crippen LogP contribution in [-0.2, 0) is 19.1 Å². The Morgan fingerprint density at radius 1 is 1.29 bits per heavy atom. The number of ketones is 1. The van der Waals surface area contributed by atoms with Crippen molar-refractivity contribution in [2.24, 2.45) is 5.73 Å². The predicted octanol–water partition coefficient (Wildman–Crippen LogP) is 1.16. The lowest BCUT2D eigenvalue weighted by molar-refractivity contribution is -0.159. The minimum atomic E-state index is -0.802. The van der Waals surface area contributed by atoms with Gasteiger partial charge in [0, 0.05) is 6.42 Å². The molecule has 0 heterocycles. The lowest BCUT2D eigenvalue weighted by Gasteiger charge is -2.07. The summed E-state index contributed by atoms with van der Waals surface area (Å²) in [7, 11) is 0. The zero-order valence-electron chi connectivity index (χ0n) is 9.91. The van der Waals surface area contributed by atoms with E-state index in [0.29, 0.717) is 6.42 Å². The van der Waals surface area contributed by atoms with Gasteiger partial charge >= 0.3 is 11.9 Å². The molecule has 0 amide bonds. The van der Waals surface area contributed by atoms with E-state index < -0.39 is 17.3 Å². The highest BCUT2D eigenvalue weighted by Gasteiger charge is 2.19. The average Bonchev–Trinajstić information content (AvgIpc) is 2.32. The summed E-state index contributed by atoms with van der Waals surface area (Å²) in [6, 6.07) is 0. The zero-order chi connectivity index (χ0) is 13.3. The summed E-state index contributed by atoms with van der Waals surface area (Å²) < 4.78 is 4.50. The van der Waals surface area contributed by atoms with Gasteiger partial charge in [-0.1, -0.05) is 19.8 Å². The molecule has 17 heavy (non-hydrogen) atoms. The monoisotopic (exact) mass is 263 g/mol. The first-order chi connectivity index (χ1) is 8.01. The highest BCUT2D eigenvalue weighted by atomic mass is 35.5. The van der Waals surface area contributed by atoms with Gasteiger partial charge in [-0.3, -0.25) is 9.59 Å². The highest BCUT2D eigenvalue weighted by molar-refractivity contribution is 6.30. The third-order valence-corrected chi connectivity index (χ3v) is 2.51. The Balaban J connectivity index is 3.86. The van der Waals surface area contributed by atoms with E-state index in [1.54, 1.807) is 0 Å². The SMILES string of the molecule is CCCCC(Cl)C(=O)OC(=O)CCC(=O)CN. The van der Waals surface area contributed by atoms with Gasteiger partial charge in [-0.15, -0.1) is 11.6 Å². The fourth-order valence-corrected chi connectivity index (χ4v) is 1.27. The first-order valence-electron chi connectivity index (χ1n) is 5.61. The van der Waals surface area contributed by atoms with E-state index in [4.69, 9.17) is 17.3 Å². The minimum Gasteiger partial charge on any atom is -0.392 e. The van der Waals surface area contributed by atoms with E-state index in [2.05, 4.69) is 4.74 Å². The summed E-state index contributed by atoms with van der Waals surface area (Å²) in [5, 5.41) is -0.802. The molecule has 1 unspecified atom stereocenters. The van der Waals surface area contributed by atoms with Gasteiger partial charge in [0.2, 0.25) is 0 Å². The molecule has 0 spiro atoms. The van der Waals surface area contributed by atoms with Gasteiger partial charge < -0.3 is 10.5 Å². The molecule has 0 saturated heterocycles. The Kier molecular flexibility index (Phi) is 8.62. The number of unbranched alkanes of at least 4 members (excludes halogenated alkanes) is 1. The lowest BCUT2D eigenvalue weighted by Crippen LogP contribution is -2.22. The fourth-order valence-electron chi connectivity index (χ4n) is 1.07. The summed E-state index contributed by atoms with van der Waals surface area (Å²) in [5.41, 5.74) is 5.07. The highest BCUT2D eigenvalue weighted by Crippen LogP contribution is 2.10. The number of hydrogen-bond donors (Lipinski definition) is 1. The number of halogens is 1. The van der Waals surface area contributed by atoms with Gasteiger partial charge in [0.1, 0.15) is 11.2 Å². The largest absolute Gasteiger partial charge is 0.392 e. The quantitative estimate of drug-likeness (QED) is 0.403.